The highest BCUT2D eigenvalue weighted by Gasteiger charge is 2.00. The largest absolute Gasteiger partial charge is 0.339 e. The van der Waals surface area contributed by atoms with Crippen LogP contribution in [0.25, 0.3) is 0 Å². The molecule has 3 N–H and O–H groups in total. The molecule has 0 heterocycles. The van der Waals surface area contributed by atoms with Gasteiger partial charge in [-0.3, -0.25) is 5.84 Å². The average molecular weight is 134 g/mol. The molecule has 0 bridgehead atoms. The fourth-order valence-corrected chi connectivity index (χ4v) is 0.447. The van der Waals surface area contributed by atoms with Crippen LogP contribution < -0.4 is 11.3 Å². The third-order valence-corrected chi connectivity index (χ3v) is 0.772. The Morgan fingerprint density at radius 3 is 2.00 bits per heavy atom. The maximum absolute atomic E-state index is 5.04. The highest BCUT2D eigenvalue weighted by atomic mass is 16.7. The third kappa shape index (κ3) is 4.35. The summed E-state index contributed by atoms with van der Waals surface area (Å²) in [5.41, 5.74) is 2.36. The van der Waals surface area contributed by atoms with Gasteiger partial charge in [0.2, 0.25) is 6.41 Å². The minimum Gasteiger partial charge on any atom is -0.339 e. The molecular weight excluding hydrogens is 120 g/mol. The number of ether oxygens (including phenoxy) is 2. The van der Waals surface area contributed by atoms with Crippen LogP contribution in [0.15, 0.2) is 0 Å². The van der Waals surface area contributed by atoms with Crippen LogP contribution in [0, 0.1) is 0 Å². The van der Waals surface area contributed by atoms with Gasteiger partial charge >= 0.3 is 0 Å². The monoisotopic (exact) mass is 134 g/mol. The van der Waals surface area contributed by atoms with Crippen molar-refractivity contribution in [2.24, 2.45) is 5.84 Å². The SMILES string of the molecule is CCOC(NN)OCC. The lowest BCUT2D eigenvalue weighted by atomic mass is 10.8. The van der Waals surface area contributed by atoms with Crippen LogP contribution in [0.1, 0.15) is 13.8 Å². The Kier molecular flexibility index (Phi) is 5.86. The van der Waals surface area contributed by atoms with Gasteiger partial charge in [0.1, 0.15) is 0 Å². The molecule has 4 nitrogen and oxygen atoms in total. The van der Waals surface area contributed by atoms with Gasteiger partial charge < -0.3 is 9.47 Å². The zero-order valence-electron chi connectivity index (χ0n) is 5.89. The quantitative estimate of drug-likeness (QED) is 0.311. The van der Waals surface area contributed by atoms with Gasteiger partial charge in [0.05, 0.1) is 0 Å². The molecule has 0 spiro atoms. The summed E-state index contributed by atoms with van der Waals surface area (Å²) in [6.45, 7) is 4.94. The van der Waals surface area contributed by atoms with Crippen molar-refractivity contribution in [1.82, 2.24) is 5.43 Å². The minimum absolute atomic E-state index is 0.458. The van der Waals surface area contributed by atoms with E-state index < -0.39 is 6.41 Å². The van der Waals surface area contributed by atoms with Crippen molar-refractivity contribution in [1.29, 1.82) is 0 Å². The molecular formula is C5H14N2O2. The summed E-state index contributed by atoms with van der Waals surface area (Å²) in [5, 5.41) is 0. The summed E-state index contributed by atoms with van der Waals surface area (Å²) in [6.07, 6.45) is -0.458. The number of nitrogens with one attached hydrogen (secondary N) is 1. The molecule has 0 rings (SSSR count). The molecule has 0 atom stereocenters. The molecule has 0 saturated carbocycles. The van der Waals surface area contributed by atoms with Crippen molar-refractivity contribution in [3.63, 3.8) is 0 Å². The van der Waals surface area contributed by atoms with Gasteiger partial charge in [-0.05, 0) is 13.8 Å². The van der Waals surface area contributed by atoms with E-state index in [-0.39, 0.29) is 0 Å². The number of rotatable bonds is 5. The second-order valence-corrected chi connectivity index (χ2v) is 1.41. The molecule has 0 radical (unpaired) electrons. The molecule has 0 aromatic heterocycles. The maximum atomic E-state index is 5.04. The van der Waals surface area contributed by atoms with Crippen LogP contribution in [0.5, 0.6) is 0 Å². The highest BCUT2D eigenvalue weighted by molar-refractivity contribution is 4.28. The maximum Gasteiger partial charge on any atom is 0.228 e. The minimum atomic E-state index is -0.458. The fourth-order valence-electron chi connectivity index (χ4n) is 0.447. The smallest absolute Gasteiger partial charge is 0.228 e. The normalized spacial score (nSPS) is 10.7. The molecule has 0 aromatic carbocycles. The van der Waals surface area contributed by atoms with E-state index in [1.807, 2.05) is 13.8 Å². The van der Waals surface area contributed by atoms with Crippen LogP contribution in [0.3, 0.4) is 0 Å². The van der Waals surface area contributed by atoms with Crippen LogP contribution in [0.4, 0.5) is 0 Å². The van der Waals surface area contributed by atoms with Crippen LogP contribution in [-0.2, 0) is 9.47 Å². The van der Waals surface area contributed by atoms with Crippen molar-refractivity contribution in [2.75, 3.05) is 13.2 Å². The summed E-state index contributed by atoms with van der Waals surface area (Å²) < 4.78 is 9.95. The molecule has 0 amide bonds. The zero-order chi connectivity index (χ0) is 7.11. The van der Waals surface area contributed by atoms with Crippen molar-refractivity contribution in [3.8, 4) is 0 Å². The molecule has 0 saturated heterocycles. The molecule has 9 heavy (non-hydrogen) atoms. The van der Waals surface area contributed by atoms with Crippen molar-refractivity contribution in [3.05, 3.63) is 0 Å². The van der Waals surface area contributed by atoms with Crippen molar-refractivity contribution in [2.45, 2.75) is 20.3 Å². The number of nitrogens with two attached hydrogens (primary N) is 1. The second kappa shape index (κ2) is 5.97. The van der Waals surface area contributed by atoms with Gasteiger partial charge in [-0.1, -0.05) is 0 Å². The molecule has 0 aliphatic heterocycles. The van der Waals surface area contributed by atoms with Gasteiger partial charge in [0.25, 0.3) is 0 Å². The lowest BCUT2D eigenvalue weighted by Gasteiger charge is -2.14. The Morgan fingerprint density at radius 2 is 1.78 bits per heavy atom. The van der Waals surface area contributed by atoms with E-state index in [2.05, 4.69) is 5.43 Å². The lowest BCUT2D eigenvalue weighted by molar-refractivity contribution is -0.155. The van der Waals surface area contributed by atoms with E-state index in [1.165, 1.54) is 0 Å². The fraction of sp³-hybridized carbons (Fsp3) is 1.00. The summed E-state index contributed by atoms with van der Waals surface area (Å²) in [7, 11) is 0. The average Bonchev–Trinajstić information content (AvgIpc) is 1.88. The van der Waals surface area contributed by atoms with E-state index in [1.54, 1.807) is 0 Å². The van der Waals surface area contributed by atoms with E-state index in [9.17, 15) is 0 Å². The van der Waals surface area contributed by atoms with Gasteiger partial charge in [-0.25, -0.2) is 5.43 Å². The van der Waals surface area contributed by atoms with Crippen LogP contribution >= 0.6 is 0 Å². The lowest BCUT2D eigenvalue weighted by Crippen LogP contribution is -2.39. The summed E-state index contributed by atoms with van der Waals surface area (Å²) in [4.78, 5) is 0. The van der Waals surface area contributed by atoms with E-state index >= 15 is 0 Å². The molecule has 0 aromatic rings. The molecule has 0 fully saturated rings. The predicted molar refractivity (Wildman–Crippen MR) is 34.4 cm³/mol. The van der Waals surface area contributed by atoms with Crippen molar-refractivity contribution < 1.29 is 9.47 Å². The first-order chi connectivity index (χ1) is 4.35. The van der Waals surface area contributed by atoms with Crippen LogP contribution in [0.2, 0.25) is 0 Å². The molecule has 0 unspecified atom stereocenters. The van der Waals surface area contributed by atoms with E-state index in [4.69, 9.17) is 15.3 Å². The van der Waals surface area contributed by atoms with Gasteiger partial charge in [0, 0.05) is 13.2 Å². The number of hydrogen-bond acceptors (Lipinski definition) is 4. The zero-order valence-corrected chi connectivity index (χ0v) is 5.89. The summed E-state index contributed by atoms with van der Waals surface area (Å²) in [5.74, 6) is 5.04. The Balaban J connectivity index is 3.18. The van der Waals surface area contributed by atoms with Gasteiger partial charge in [-0.2, -0.15) is 0 Å². The standard InChI is InChI=1S/C5H14N2O2/c1-3-8-5(7-6)9-4-2/h5,7H,3-4,6H2,1-2H3. The van der Waals surface area contributed by atoms with Crippen LogP contribution in [-0.4, -0.2) is 19.6 Å². The second-order valence-electron chi connectivity index (χ2n) is 1.41. The Morgan fingerprint density at radius 1 is 1.33 bits per heavy atom. The predicted octanol–water partition coefficient (Wildman–Crippen LogP) is -0.194. The molecule has 56 valence electrons. The topological polar surface area (TPSA) is 56.5 Å². The Labute approximate surface area is 55.3 Å². The molecule has 4 heteroatoms. The Hall–Kier alpha value is -0.160. The highest BCUT2D eigenvalue weighted by Crippen LogP contribution is 1.86. The third-order valence-electron chi connectivity index (χ3n) is 0.772. The summed E-state index contributed by atoms with van der Waals surface area (Å²) >= 11 is 0. The first kappa shape index (κ1) is 8.84. The summed E-state index contributed by atoms with van der Waals surface area (Å²) in [6, 6.07) is 0. The molecule has 0 aliphatic rings. The van der Waals surface area contributed by atoms with Crippen molar-refractivity contribution >= 4 is 0 Å². The molecule has 0 aliphatic carbocycles. The van der Waals surface area contributed by atoms with Gasteiger partial charge in [0.15, 0.2) is 0 Å². The first-order valence-electron chi connectivity index (χ1n) is 3.04. The number of hydrogen-bond donors (Lipinski definition) is 2. The van der Waals surface area contributed by atoms with E-state index in [0.717, 1.165) is 0 Å². The van der Waals surface area contributed by atoms with E-state index in [0.29, 0.717) is 13.2 Å². The van der Waals surface area contributed by atoms with Gasteiger partial charge in [-0.15, -0.1) is 0 Å². The number of hydrazine groups is 1. The first-order valence-corrected chi connectivity index (χ1v) is 3.04. The Bertz CT molecular complexity index is 54.9.